The number of piperidine rings is 1. The van der Waals surface area contributed by atoms with Gasteiger partial charge in [-0.1, -0.05) is 17.7 Å². The summed E-state index contributed by atoms with van der Waals surface area (Å²) in [6, 6.07) is 3.98. The molecule has 0 aromatic heterocycles. The molecular formula is C20H31ClN2O3. The van der Waals surface area contributed by atoms with Gasteiger partial charge in [0.05, 0.1) is 25.8 Å². The van der Waals surface area contributed by atoms with E-state index in [1.807, 2.05) is 19.2 Å². The van der Waals surface area contributed by atoms with Gasteiger partial charge in [-0.15, -0.1) is 0 Å². The second-order valence-electron chi connectivity index (χ2n) is 7.76. The number of ether oxygens (including phenoxy) is 3. The van der Waals surface area contributed by atoms with Crippen LogP contribution in [0.5, 0.6) is 11.5 Å². The number of halogens is 1. The monoisotopic (exact) mass is 382 g/mol. The van der Waals surface area contributed by atoms with Crippen LogP contribution >= 0.6 is 11.6 Å². The standard InChI is InChI=1S/C20H31ClN2O3/c1-22-12-16(13-24-2)20(14-22)7-9-23(10-8-20)11-15-5-6-17(25-3)19(26-4)18(15)21/h5-6,16H,7-14H2,1-4H3. The van der Waals surface area contributed by atoms with Crippen LogP contribution in [0.25, 0.3) is 0 Å². The van der Waals surface area contributed by atoms with Crippen LogP contribution in [0.3, 0.4) is 0 Å². The molecule has 1 atom stereocenters. The van der Waals surface area contributed by atoms with Gasteiger partial charge in [0.15, 0.2) is 11.5 Å². The van der Waals surface area contributed by atoms with Crippen molar-refractivity contribution in [2.45, 2.75) is 19.4 Å². The maximum atomic E-state index is 6.56. The van der Waals surface area contributed by atoms with E-state index in [0.717, 1.165) is 38.3 Å². The van der Waals surface area contributed by atoms with Gasteiger partial charge in [-0.2, -0.15) is 0 Å². The van der Waals surface area contributed by atoms with Gasteiger partial charge in [-0.3, -0.25) is 4.90 Å². The summed E-state index contributed by atoms with van der Waals surface area (Å²) in [7, 11) is 7.31. The second kappa shape index (κ2) is 8.34. The summed E-state index contributed by atoms with van der Waals surface area (Å²) in [6.45, 7) is 6.24. The number of nitrogens with zero attached hydrogens (tertiary/aromatic N) is 2. The fourth-order valence-corrected chi connectivity index (χ4v) is 5.04. The van der Waals surface area contributed by atoms with Gasteiger partial charge < -0.3 is 19.1 Å². The summed E-state index contributed by atoms with van der Waals surface area (Å²) in [5.41, 5.74) is 1.50. The molecule has 1 spiro atoms. The van der Waals surface area contributed by atoms with E-state index in [-0.39, 0.29) is 0 Å². The van der Waals surface area contributed by atoms with Gasteiger partial charge in [0.25, 0.3) is 0 Å². The lowest BCUT2D eigenvalue weighted by Gasteiger charge is -2.42. The maximum absolute atomic E-state index is 6.56. The van der Waals surface area contributed by atoms with E-state index < -0.39 is 0 Å². The van der Waals surface area contributed by atoms with E-state index in [2.05, 4.69) is 16.8 Å². The summed E-state index contributed by atoms with van der Waals surface area (Å²) < 4.78 is 16.3. The van der Waals surface area contributed by atoms with Crippen LogP contribution < -0.4 is 9.47 Å². The third-order valence-corrected chi connectivity index (χ3v) is 6.58. The molecule has 2 saturated heterocycles. The number of methoxy groups -OCH3 is 3. The molecule has 0 saturated carbocycles. The summed E-state index contributed by atoms with van der Waals surface area (Å²) >= 11 is 6.56. The largest absolute Gasteiger partial charge is 0.493 e. The molecule has 0 N–H and O–H groups in total. The van der Waals surface area contributed by atoms with E-state index in [1.165, 1.54) is 19.4 Å². The van der Waals surface area contributed by atoms with Gasteiger partial charge in [0.2, 0.25) is 0 Å². The van der Waals surface area contributed by atoms with Gasteiger partial charge in [0, 0.05) is 32.7 Å². The molecule has 3 rings (SSSR count). The number of hydrogen-bond acceptors (Lipinski definition) is 5. The van der Waals surface area contributed by atoms with Crippen molar-refractivity contribution < 1.29 is 14.2 Å². The number of likely N-dealkylation sites (tertiary alicyclic amines) is 2. The van der Waals surface area contributed by atoms with Crippen LogP contribution in [0.4, 0.5) is 0 Å². The Labute approximate surface area is 162 Å². The second-order valence-corrected chi connectivity index (χ2v) is 8.14. The number of benzene rings is 1. The number of rotatable bonds is 6. The molecule has 146 valence electrons. The highest BCUT2D eigenvalue weighted by Gasteiger charge is 2.46. The van der Waals surface area contributed by atoms with Gasteiger partial charge in [-0.05, 0) is 50.0 Å². The SMILES string of the molecule is COCC1CN(C)CC12CCN(Cc1ccc(OC)c(OC)c1Cl)CC2. The smallest absolute Gasteiger partial charge is 0.179 e. The van der Waals surface area contributed by atoms with Gasteiger partial charge >= 0.3 is 0 Å². The lowest BCUT2D eigenvalue weighted by atomic mass is 9.71. The first-order valence-electron chi connectivity index (χ1n) is 9.32. The number of hydrogen-bond donors (Lipinski definition) is 0. The topological polar surface area (TPSA) is 34.2 Å². The minimum absolute atomic E-state index is 0.405. The molecule has 2 fully saturated rings. The third-order valence-electron chi connectivity index (χ3n) is 6.16. The van der Waals surface area contributed by atoms with Crippen molar-refractivity contribution in [2.24, 2.45) is 11.3 Å². The Bertz CT molecular complexity index is 617. The van der Waals surface area contributed by atoms with E-state index in [1.54, 1.807) is 14.2 Å². The average molecular weight is 383 g/mol. The van der Waals surface area contributed by atoms with Crippen molar-refractivity contribution in [1.82, 2.24) is 9.80 Å². The average Bonchev–Trinajstić information content (AvgIpc) is 2.93. The van der Waals surface area contributed by atoms with Crippen molar-refractivity contribution in [2.75, 3.05) is 61.2 Å². The predicted molar refractivity (Wildman–Crippen MR) is 104 cm³/mol. The Morgan fingerprint density at radius 1 is 1.15 bits per heavy atom. The molecule has 0 radical (unpaired) electrons. The first-order chi connectivity index (χ1) is 12.5. The molecule has 2 aliphatic rings. The van der Waals surface area contributed by atoms with E-state index in [9.17, 15) is 0 Å². The molecule has 26 heavy (non-hydrogen) atoms. The highest BCUT2D eigenvalue weighted by molar-refractivity contribution is 6.33. The summed E-state index contributed by atoms with van der Waals surface area (Å²) in [4.78, 5) is 4.96. The Hall–Kier alpha value is -1.01. The minimum Gasteiger partial charge on any atom is -0.493 e. The first-order valence-corrected chi connectivity index (χ1v) is 9.70. The molecule has 1 aromatic carbocycles. The molecule has 0 aliphatic carbocycles. The molecular weight excluding hydrogens is 352 g/mol. The summed E-state index contributed by atoms with van der Waals surface area (Å²) in [6.07, 6.45) is 2.44. The Balaban J connectivity index is 1.66. The molecule has 2 aliphatic heterocycles. The van der Waals surface area contributed by atoms with E-state index in [0.29, 0.717) is 27.9 Å². The fraction of sp³-hybridized carbons (Fsp3) is 0.700. The Morgan fingerprint density at radius 3 is 2.50 bits per heavy atom. The zero-order valence-electron chi connectivity index (χ0n) is 16.4. The summed E-state index contributed by atoms with van der Waals surface area (Å²) in [5.74, 6) is 1.94. The van der Waals surface area contributed by atoms with Crippen molar-refractivity contribution in [3.63, 3.8) is 0 Å². The van der Waals surface area contributed by atoms with E-state index in [4.69, 9.17) is 25.8 Å². The Morgan fingerprint density at radius 2 is 1.88 bits per heavy atom. The third kappa shape index (κ3) is 3.81. The predicted octanol–water partition coefficient (Wildman–Crippen LogP) is 3.15. The highest BCUT2D eigenvalue weighted by Crippen LogP contribution is 2.45. The fourth-order valence-electron chi connectivity index (χ4n) is 4.75. The van der Waals surface area contributed by atoms with Crippen LogP contribution in [0.1, 0.15) is 18.4 Å². The first kappa shape index (κ1) is 19.7. The molecule has 2 heterocycles. The van der Waals surface area contributed by atoms with Crippen LogP contribution in [0.2, 0.25) is 5.02 Å². The molecule has 0 bridgehead atoms. The van der Waals surface area contributed by atoms with E-state index >= 15 is 0 Å². The lowest BCUT2D eigenvalue weighted by Crippen LogP contribution is -2.44. The van der Waals surface area contributed by atoms with Crippen LogP contribution in [-0.4, -0.2) is 71.0 Å². The molecule has 0 amide bonds. The van der Waals surface area contributed by atoms with Crippen LogP contribution in [0.15, 0.2) is 12.1 Å². The van der Waals surface area contributed by atoms with Gasteiger partial charge in [0.1, 0.15) is 0 Å². The summed E-state index contributed by atoms with van der Waals surface area (Å²) in [5, 5.41) is 0.657. The van der Waals surface area contributed by atoms with Crippen molar-refractivity contribution >= 4 is 11.6 Å². The zero-order valence-corrected chi connectivity index (χ0v) is 17.1. The van der Waals surface area contributed by atoms with Crippen LogP contribution in [0, 0.1) is 11.3 Å². The van der Waals surface area contributed by atoms with Gasteiger partial charge in [-0.25, -0.2) is 0 Å². The molecule has 1 aromatic rings. The highest BCUT2D eigenvalue weighted by atomic mass is 35.5. The van der Waals surface area contributed by atoms with Crippen LogP contribution in [-0.2, 0) is 11.3 Å². The normalized spacial score (nSPS) is 23.5. The molecule has 5 nitrogen and oxygen atoms in total. The minimum atomic E-state index is 0.405. The van der Waals surface area contributed by atoms with Crippen molar-refractivity contribution in [1.29, 1.82) is 0 Å². The van der Waals surface area contributed by atoms with Crippen molar-refractivity contribution in [3.8, 4) is 11.5 Å². The Kier molecular flexibility index (Phi) is 6.33. The zero-order chi connectivity index (χ0) is 18.7. The van der Waals surface area contributed by atoms with Crippen molar-refractivity contribution in [3.05, 3.63) is 22.7 Å². The molecule has 1 unspecified atom stereocenters. The maximum Gasteiger partial charge on any atom is 0.179 e. The lowest BCUT2D eigenvalue weighted by molar-refractivity contribution is 0.0354. The molecule has 6 heteroatoms. The quantitative estimate of drug-likeness (QED) is 0.755.